The molecule has 1 aliphatic heterocycles. The van der Waals surface area contributed by atoms with Gasteiger partial charge in [0.1, 0.15) is 0 Å². The van der Waals surface area contributed by atoms with Gasteiger partial charge in [-0.25, -0.2) is 9.78 Å². The van der Waals surface area contributed by atoms with Crippen LogP contribution in [-0.4, -0.2) is 44.9 Å². The fraction of sp³-hybridized carbons (Fsp3) is 0.583. The van der Waals surface area contributed by atoms with Crippen molar-refractivity contribution in [2.75, 3.05) is 13.1 Å². The van der Waals surface area contributed by atoms with Crippen molar-refractivity contribution in [2.45, 2.75) is 26.2 Å². The number of hydrogen-bond donors (Lipinski definition) is 2. The van der Waals surface area contributed by atoms with Crippen molar-refractivity contribution in [3.63, 3.8) is 0 Å². The van der Waals surface area contributed by atoms with Crippen LogP contribution in [0.25, 0.3) is 0 Å². The van der Waals surface area contributed by atoms with Crippen molar-refractivity contribution >= 4 is 11.9 Å². The molecule has 6 nitrogen and oxygen atoms in total. The minimum atomic E-state index is -1.15. The Kier molecular flexibility index (Phi) is 3.64. The summed E-state index contributed by atoms with van der Waals surface area (Å²) in [6.45, 7) is 3.52. The molecule has 1 fully saturated rings. The Morgan fingerprint density at radius 1 is 1.44 bits per heavy atom. The summed E-state index contributed by atoms with van der Waals surface area (Å²) in [7, 11) is 0. The summed E-state index contributed by atoms with van der Waals surface area (Å²) in [6, 6.07) is 0. The Labute approximate surface area is 105 Å². The van der Waals surface area contributed by atoms with E-state index in [9.17, 15) is 9.59 Å². The highest BCUT2D eigenvalue weighted by Gasteiger charge is 2.25. The fourth-order valence-corrected chi connectivity index (χ4v) is 2.24. The molecule has 2 rings (SSSR count). The molecule has 0 spiro atoms. The number of amides is 1. The van der Waals surface area contributed by atoms with Crippen LogP contribution in [0.5, 0.6) is 0 Å². The first-order valence-electron chi connectivity index (χ1n) is 6.15. The van der Waals surface area contributed by atoms with Crippen LogP contribution < -0.4 is 0 Å². The van der Waals surface area contributed by atoms with Crippen LogP contribution in [0.1, 0.15) is 47.2 Å². The van der Waals surface area contributed by atoms with Crippen LogP contribution in [0.3, 0.4) is 0 Å². The highest BCUT2D eigenvalue weighted by molar-refractivity contribution is 6.02. The number of H-pyrrole nitrogens is 1. The van der Waals surface area contributed by atoms with Crippen molar-refractivity contribution in [2.24, 2.45) is 5.92 Å². The quantitative estimate of drug-likeness (QED) is 0.831. The zero-order valence-electron chi connectivity index (χ0n) is 10.3. The van der Waals surface area contributed by atoms with Gasteiger partial charge in [-0.05, 0) is 25.2 Å². The zero-order valence-corrected chi connectivity index (χ0v) is 10.3. The molecule has 2 N–H and O–H groups in total. The van der Waals surface area contributed by atoms with Gasteiger partial charge in [0.25, 0.3) is 5.91 Å². The molecule has 0 bridgehead atoms. The van der Waals surface area contributed by atoms with E-state index in [2.05, 4.69) is 16.9 Å². The van der Waals surface area contributed by atoms with Crippen molar-refractivity contribution in [3.05, 3.63) is 17.7 Å². The molecule has 2 heterocycles. The maximum atomic E-state index is 12.2. The standard InChI is InChI=1S/C12H17N3O3/c1-8-3-2-5-15(6-4-8)11(16)9-10(12(17)18)14-7-13-9/h7-8H,2-6H2,1H3,(H,13,14)(H,17,18). The lowest BCUT2D eigenvalue weighted by Gasteiger charge is -2.19. The molecule has 1 unspecified atom stereocenters. The number of aromatic amines is 1. The maximum Gasteiger partial charge on any atom is 0.354 e. The second-order valence-corrected chi connectivity index (χ2v) is 4.76. The summed E-state index contributed by atoms with van der Waals surface area (Å²) in [5.41, 5.74) is -0.116. The van der Waals surface area contributed by atoms with E-state index in [1.165, 1.54) is 6.33 Å². The van der Waals surface area contributed by atoms with E-state index in [4.69, 9.17) is 5.11 Å². The lowest BCUT2D eigenvalue weighted by Crippen LogP contribution is -2.33. The van der Waals surface area contributed by atoms with Crippen molar-refractivity contribution in [1.29, 1.82) is 0 Å². The second-order valence-electron chi connectivity index (χ2n) is 4.76. The predicted molar refractivity (Wildman–Crippen MR) is 64.5 cm³/mol. The van der Waals surface area contributed by atoms with E-state index in [1.807, 2.05) is 0 Å². The summed E-state index contributed by atoms with van der Waals surface area (Å²) < 4.78 is 0. The first-order valence-corrected chi connectivity index (χ1v) is 6.15. The van der Waals surface area contributed by atoms with Crippen molar-refractivity contribution < 1.29 is 14.7 Å². The smallest absolute Gasteiger partial charge is 0.354 e. The molecule has 0 saturated carbocycles. The molecule has 1 atom stereocenters. The molecule has 1 aliphatic rings. The van der Waals surface area contributed by atoms with Crippen molar-refractivity contribution in [1.82, 2.24) is 14.9 Å². The van der Waals surface area contributed by atoms with Crippen LogP contribution >= 0.6 is 0 Å². The van der Waals surface area contributed by atoms with E-state index in [1.54, 1.807) is 4.90 Å². The van der Waals surface area contributed by atoms with Crippen LogP contribution in [0.2, 0.25) is 0 Å². The van der Waals surface area contributed by atoms with Crippen molar-refractivity contribution in [3.8, 4) is 0 Å². The number of likely N-dealkylation sites (tertiary alicyclic amines) is 1. The van der Waals surface area contributed by atoms with Crippen LogP contribution in [-0.2, 0) is 0 Å². The second kappa shape index (κ2) is 5.20. The fourth-order valence-electron chi connectivity index (χ4n) is 2.24. The number of carbonyl (C=O) groups is 2. The summed E-state index contributed by atoms with van der Waals surface area (Å²) in [6.07, 6.45) is 4.27. The Balaban J connectivity index is 2.15. The molecule has 1 aromatic heterocycles. The van der Waals surface area contributed by atoms with Gasteiger partial charge in [-0.2, -0.15) is 0 Å². The summed E-state index contributed by atoms with van der Waals surface area (Å²) >= 11 is 0. The Bertz CT molecular complexity index is 455. The Morgan fingerprint density at radius 2 is 2.22 bits per heavy atom. The lowest BCUT2D eigenvalue weighted by atomic mass is 10.0. The largest absolute Gasteiger partial charge is 0.477 e. The molecule has 0 aromatic carbocycles. The first kappa shape index (κ1) is 12.6. The molecule has 0 radical (unpaired) electrons. The molecular weight excluding hydrogens is 234 g/mol. The highest BCUT2D eigenvalue weighted by Crippen LogP contribution is 2.18. The minimum Gasteiger partial charge on any atom is -0.477 e. The number of carbonyl (C=O) groups excluding carboxylic acids is 1. The van der Waals surface area contributed by atoms with Gasteiger partial charge in [0.05, 0.1) is 6.33 Å². The molecule has 0 aliphatic carbocycles. The molecule has 1 aromatic rings. The average molecular weight is 251 g/mol. The predicted octanol–water partition coefficient (Wildman–Crippen LogP) is 1.37. The summed E-state index contributed by atoms with van der Waals surface area (Å²) in [5, 5.41) is 8.96. The maximum absolute atomic E-state index is 12.2. The summed E-state index contributed by atoms with van der Waals surface area (Å²) in [5.74, 6) is -0.831. The van der Waals surface area contributed by atoms with Crippen LogP contribution in [0, 0.1) is 5.92 Å². The van der Waals surface area contributed by atoms with E-state index in [-0.39, 0.29) is 17.3 Å². The normalized spacial score (nSPS) is 20.5. The summed E-state index contributed by atoms with van der Waals surface area (Å²) in [4.78, 5) is 31.2. The minimum absolute atomic E-state index is 0.0112. The van der Waals surface area contributed by atoms with Gasteiger partial charge >= 0.3 is 5.97 Å². The van der Waals surface area contributed by atoms with Gasteiger partial charge in [-0.1, -0.05) is 6.92 Å². The molecule has 1 amide bonds. The number of aromatic carboxylic acids is 1. The van der Waals surface area contributed by atoms with Gasteiger partial charge in [0.2, 0.25) is 0 Å². The molecule has 98 valence electrons. The third kappa shape index (κ3) is 2.52. The Hall–Kier alpha value is -1.85. The van der Waals surface area contributed by atoms with Gasteiger partial charge < -0.3 is 15.0 Å². The van der Waals surface area contributed by atoms with Crippen LogP contribution in [0.4, 0.5) is 0 Å². The first-order chi connectivity index (χ1) is 8.59. The number of hydrogen-bond acceptors (Lipinski definition) is 3. The number of nitrogens with zero attached hydrogens (tertiary/aromatic N) is 2. The number of nitrogens with one attached hydrogen (secondary N) is 1. The highest BCUT2D eigenvalue weighted by atomic mass is 16.4. The average Bonchev–Trinajstić information content (AvgIpc) is 2.72. The van der Waals surface area contributed by atoms with Crippen LogP contribution in [0.15, 0.2) is 6.33 Å². The third-order valence-corrected chi connectivity index (χ3v) is 3.36. The molecular formula is C12H17N3O3. The number of carboxylic acids is 1. The number of rotatable bonds is 2. The van der Waals surface area contributed by atoms with Gasteiger partial charge in [-0.3, -0.25) is 4.79 Å². The van der Waals surface area contributed by atoms with Gasteiger partial charge in [-0.15, -0.1) is 0 Å². The third-order valence-electron chi connectivity index (χ3n) is 3.36. The molecule has 18 heavy (non-hydrogen) atoms. The van der Waals surface area contributed by atoms with Gasteiger partial charge in [0.15, 0.2) is 11.4 Å². The van der Waals surface area contributed by atoms with Gasteiger partial charge in [0, 0.05) is 13.1 Å². The topological polar surface area (TPSA) is 86.3 Å². The number of aromatic nitrogens is 2. The monoisotopic (exact) mass is 251 g/mol. The Morgan fingerprint density at radius 3 is 2.94 bits per heavy atom. The lowest BCUT2D eigenvalue weighted by molar-refractivity contribution is 0.0669. The molecule has 1 saturated heterocycles. The van der Waals surface area contributed by atoms with E-state index >= 15 is 0 Å². The zero-order chi connectivity index (χ0) is 13.1. The number of carboxylic acid groups (broad SMARTS) is 1. The van der Waals surface area contributed by atoms with E-state index in [0.717, 1.165) is 19.3 Å². The molecule has 6 heteroatoms. The number of imidazole rings is 1. The SMILES string of the molecule is CC1CCCN(C(=O)c2nc[nH]c2C(=O)O)CC1. The van der Waals surface area contributed by atoms with E-state index < -0.39 is 5.97 Å². The van der Waals surface area contributed by atoms with E-state index in [0.29, 0.717) is 19.0 Å².